The van der Waals surface area contributed by atoms with Crippen molar-refractivity contribution in [2.45, 2.75) is 45.3 Å². The summed E-state index contributed by atoms with van der Waals surface area (Å²) >= 11 is 0. The van der Waals surface area contributed by atoms with Crippen LogP contribution in [0, 0.1) is 0 Å². The third-order valence-electron chi connectivity index (χ3n) is 4.17. The average Bonchev–Trinajstić information content (AvgIpc) is 2.68. The second-order valence-corrected chi connectivity index (χ2v) is 5.44. The minimum absolute atomic E-state index is 0.585. The van der Waals surface area contributed by atoms with Gasteiger partial charge in [-0.2, -0.15) is 0 Å². The van der Waals surface area contributed by atoms with E-state index in [0.29, 0.717) is 12.1 Å². The maximum atomic E-state index is 3.59. The molecule has 1 N–H and O–H groups in total. The van der Waals surface area contributed by atoms with Crippen LogP contribution in [0.4, 0.5) is 0 Å². The average molecular weight is 230 g/mol. The van der Waals surface area contributed by atoms with Crippen LogP contribution in [0.2, 0.25) is 0 Å². The summed E-state index contributed by atoms with van der Waals surface area (Å²) in [5, 5.41) is 3.59. The highest BCUT2D eigenvalue weighted by Crippen LogP contribution is 2.37. The molecular formula is C15H22N2. The molecule has 2 unspecified atom stereocenters. The number of hydrogen-bond acceptors (Lipinski definition) is 2. The van der Waals surface area contributed by atoms with Crippen LogP contribution in [0.1, 0.15) is 43.0 Å². The molecule has 1 fully saturated rings. The molecule has 2 atom stereocenters. The van der Waals surface area contributed by atoms with Crippen LogP contribution in [0.25, 0.3) is 0 Å². The van der Waals surface area contributed by atoms with Gasteiger partial charge in [-0.15, -0.1) is 0 Å². The Morgan fingerprint density at radius 2 is 2.29 bits per heavy atom. The lowest BCUT2D eigenvalue weighted by atomic mass is 9.96. The maximum Gasteiger partial charge on any atom is 0.0505 e. The first-order valence-corrected chi connectivity index (χ1v) is 6.88. The fraction of sp³-hybridized carbons (Fsp3) is 0.600. The third-order valence-corrected chi connectivity index (χ3v) is 4.17. The summed E-state index contributed by atoms with van der Waals surface area (Å²) in [5.41, 5.74) is 4.63. The molecule has 2 nitrogen and oxygen atoms in total. The molecule has 2 heteroatoms. The van der Waals surface area contributed by atoms with Crippen LogP contribution in [-0.4, -0.2) is 24.0 Å². The molecule has 1 saturated heterocycles. The minimum atomic E-state index is 0.585. The highest BCUT2D eigenvalue weighted by molar-refractivity contribution is 5.39. The van der Waals surface area contributed by atoms with E-state index in [1.54, 1.807) is 11.1 Å². The Balaban J connectivity index is 1.92. The van der Waals surface area contributed by atoms with Crippen molar-refractivity contribution >= 4 is 0 Å². The molecule has 1 aromatic carbocycles. The van der Waals surface area contributed by atoms with Crippen molar-refractivity contribution < 1.29 is 0 Å². The van der Waals surface area contributed by atoms with Gasteiger partial charge in [-0.05, 0) is 30.0 Å². The van der Waals surface area contributed by atoms with Gasteiger partial charge in [0.25, 0.3) is 0 Å². The van der Waals surface area contributed by atoms with Gasteiger partial charge in [0.15, 0.2) is 0 Å². The second kappa shape index (κ2) is 4.43. The number of rotatable bonds is 2. The van der Waals surface area contributed by atoms with E-state index >= 15 is 0 Å². The Bertz CT molecular complexity index is 413. The number of hydrogen-bond donors (Lipinski definition) is 1. The smallest absolute Gasteiger partial charge is 0.0505 e. The first-order valence-electron chi connectivity index (χ1n) is 6.88. The monoisotopic (exact) mass is 230 g/mol. The largest absolute Gasteiger partial charge is 0.311 e. The molecule has 2 heterocycles. The van der Waals surface area contributed by atoms with Gasteiger partial charge in [0.1, 0.15) is 0 Å². The predicted octanol–water partition coefficient (Wildman–Crippen LogP) is 2.49. The van der Waals surface area contributed by atoms with Gasteiger partial charge in [-0.3, -0.25) is 4.90 Å². The van der Waals surface area contributed by atoms with E-state index in [1.165, 1.54) is 24.9 Å². The molecule has 0 amide bonds. The van der Waals surface area contributed by atoms with Crippen molar-refractivity contribution in [1.29, 1.82) is 0 Å². The fourth-order valence-corrected chi connectivity index (χ4v) is 3.39. The van der Waals surface area contributed by atoms with Crippen molar-refractivity contribution in [1.82, 2.24) is 10.2 Å². The zero-order chi connectivity index (χ0) is 11.8. The summed E-state index contributed by atoms with van der Waals surface area (Å²) in [6.07, 6.45) is 2.45. The zero-order valence-corrected chi connectivity index (χ0v) is 10.9. The van der Waals surface area contributed by atoms with E-state index in [0.717, 1.165) is 13.1 Å². The van der Waals surface area contributed by atoms with Crippen LogP contribution in [0.15, 0.2) is 18.2 Å². The van der Waals surface area contributed by atoms with Crippen LogP contribution in [-0.2, 0) is 13.0 Å². The molecule has 0 saturated carbocycles. The number of benzene rings is 1. The van der Waals surface area contributed by atoms with Crippen LogP contribution < -0.4 is 5.32 Å². The van der Waals surface area contributed by atoms with Crippen molar-refractivity contribution in [3.63, 3.8) is 0 Å². The molecule has 0 radical (unpaired) electrons. The lowest BCUT2D eigenvalue weighted by molar-refractivity contribution is 0.141. The maximum absolute atomic E-state index is 3.59. The Kier molecular flexibility index (Phi) is 2.93. The Hall–Kier alpha value is -0.860. The summed E-state index contributed by atoms with van der Waals surface area (Å²) in [7, 11) is 0. The fourth-order valence-electron chi connectivity index (χ4n) is 3.39. The van der Waals surface area contributed by atoms with Crippen molar-refractivity contribution in [3.05, 3.63) is 34.9 Å². The highest BCUT2D eigenvalue weighted by Gasteiger charge is 2.36. The second-order valence-electron chi connectivity index (χ2n) is 5.44. The minimum Gasteiger partial charge on any atom is -0.311 e. The molecule has 1 aromatic rings. The SMILES string of the molecule is CCCc1ccc2c(c1)CN1CCNC(C)C21. The summed E-state index contributed by atoms with van der Waals surface area (Å²) in [6, 6.07) is 8.32. The van der Waals surface area contributed by atoms with Gasteiger partial charge in [0, 0.05) is 25.7 Å². The van der Waals surface area contributed by atoms with Gasteiger partial charge in [-0.25, -0.2) is 0 Å². The summed E-state index contributed by atoms with van der Waals surface area (Å²) in [4.78, 5) is 2.63. The molecule has 0 spiro atoms. The zero-order valence-electron chi connectivity index (χ0n) is 10.9. The topological polar surface area (TPSA) is 15.3 Å². The Labute approximate surface area is 104 Å². The quantitative estimate of drug-likeness (QED) is 0.839. The molecule has 3 rings (SSSR count). The first-order chi connectivity index (χ1) is 8.29. The third kappa shape index (κ3) is 1.90. The normalized spacial score (nSPS) is 27.9. The van der Waals surface area contributed by atoms with E-state index in [4.69, 9.17) is 0 Å². The molecule has 92 valence electrons. The predicted molar refractivity (Wildman–Crippen MR) is 71.1 cm³/mol. The molecule has 2 aliphatic rings. The number of fused-ring (bicyclic) bond motifs is 3. The molecule has 17 heavy (non-hydrogen) atoms. The van der Waals surface area contributed by atoms with Crippen LogP contribution >= 0.6 is 0 Å². The van der Waals surface area contributed by atoms with Crippen LogP contribution in [0.3, 0.4) is 0 Å². The van der Waals surface area contributed by atoms with Crippen LogP contribution in [0.5, 0.6) is 0 Å². The van der Waals surface area contributed by atoms with Gasteiger partial charge in [0.05, 0.1) is 6.04 Å². The molecule has 2 aliphatic heterocycles. The summed E-state index contributed by atoms with van der Waals surface area (Å²) in [6.45, 7) is 8.04. The van der Waals surface area contributed by atoms with Crippen molar-refractivity contribution in [2.24, 2.45) is 0 Å². The highest BCUT2D eigenvalue weighted by atomic mass is 15.2. The summed E-state index contributed by atoms with van der Waals surface area (Å²) in [5.74, 6) is 0. The lowest BCUT2D eigenvalue weighted by Gasteiger charge is -2.36. The Morgan fingerprint density at radius 1 is 1.41 bits per heavy atom. The van der Waals surface area contributed by atoms with Gasteiger partial charge in [0.2, 0.25) is 0 Å². The van der Waals surface area contributed by atoms with Gasteiger partial charge < -0.3 is 5.32 Å². The standard InChI is InChI=1S/C15H22N2/c1-3-4-12-5-6-14-13(9-12)10-17-8-7-16-11(2)15(14)17/h5-6,9,11,15-16H,3-4,7-8,10H2,1-2H3. The Morgan fingerprint density at radius 3 is 3.12 bits per heavy atom. The molecular weight excluding hydrogens is 208 g/mol. The lowest BCUT2D eigenvalue weighted by Crippen LogP contribution is -2.48. The number of piperazine rings is 1. The van der Waals surface area contributed by atoms with E-state index in [-0.39, 0.29) is 0 Å². The van der Waals surface area contributed by atoms with Crippen molar-refractivity contribution in [2.75, 3.05) is 13.1 Å². The first kappa shape index (κ1) is 11.2. The van der Waals surface area contributed by atoms with Gasteiger partial charge >= 0.3 is 0 Å². The molecule has 0 bridgehead atoms. The van der Waals surface area contributed by atoms with E-state index < -0.39 is 0 Å². The van der Waals surface area contributed by atoms with Gasteiger partial charge in [-0.1, -0.05) is 31.5 Å². The number of aryl methyl sites for hydroxylation is 1. The van der Waals surface area contributed by atoms with E-state index in [2.05, 4.69) is 42.3 Å². The van der Waals surface area contributed by atoms with E-state index in [9.17, 15) is 0 Å². The molecule has 0 aliphatic carbocycles. The van der Waals surface area contributed by atoms with E-state index in [1.807, 2.05) is 0 Å². The number of nitrogens with one attached hydrogen (secondary N) is 1. The number of nitrogens with zero attached hydrogens (tertiary/aromatic N) is 1. The molecule has 0 aromatic heterocycles. The summed E-state index contributed by atoms with van der Waals surface area (Å²) < 4.78 is 0. The van der Waals surface area contributed by atoms with Crippen molar-refractivity contribution in [3.8, 4) is 0 Å².